The molecular weight excluding hydrogens is 172 g/mol. The number of anilines is 1. The van der Waals surface area contributed by atoms with Crippen molar-refractivity contribution in [3.05, 3.63) is 29.8 Å². The topological polar surface area (TPSA) is 27.0 Å². The molecule has 0 spiro atoms. The smallest absolute Gasteiger partial charge is 0.0669 e. The highest BCUT2D eigenvalue weighted by molar-refractivity contribution is 5.47. The Morgan fingerprint density at radius 2 is 1.71 bits per heavy atom. The van der Waals surface area contributed by atoms with E-state index < -0.39 is 0 Å². The maximum Gasteiger partial charge on any atom is 0.0669 e. The molecule has 0 N–H and O–H groups in total. The van der Waals surface area contributed by atoms with Gasteiger partial charge < -0.3 is 4.90 Å². The summed E-state index contributed by atoms with van der Waals surface area (Å²) in [5, 5.41) is 8.53. The van der Waals surface area contributed by atoms with E-state index in [1.807, 2.05) is 12.1 Å². The number of nitrogens with zero attached hydrogens (tertiary/aromatic N) is 2. The molecule has 0 aliphatic rings. The molecule has 74 valence electrons. The van der Waals surface area contributed by atoms with Crippen LogP contribution in [0.5, 0.6) is 0 Å². The van der Waals surface area contributed by atoms with Crippen LogP contribution in [0.1, 0.15) is 19.4 Å². The zero-order valence-corrected chi connectivity index (χ0v) is 8.83. The first kappa shape index (κ1) is 10.6. The average Bonchev–Trinajstić information content (AvgIpc) is 2.23. The van der Waals surface area contributed by atoms with Crippen LogP contribution < -0.4 is 4.90 Å². The van der Waals surface area contributed by atoms with Crippen LogP contribution in [-0.4, -0.2) is 13.1 Å². The van der Waals surface area contributed by atoms with Crippen molar-refractivity contribution in [2.24, 2.45) is 0 Å². The lowest BCUT2D eigenvalue weighted by molar-refractivity contribution is 0.866. The summed E-state index contributed by atoms with van der Waals surface area (Å²) in [6.45, 7) is 6.33. The second kappa shape index (κ2) is 5.29. The Morgan fingerprint density at radius 3 is 2.14 bits per heavy atom. The van der Waals surface area contributed by atoms with Gasteiger partial charge in [-0.25, -0.2) is 0 Å². The maximum absolute atomic E-state index is 8.53. The standard InChI is InChI=1S/C12H16N2/c1-3-14(4-2)12-7-5-11(6-8-12)9-10-13/h5-8H,3-4,9H2,1-2H3. The van der Waals surface area contributed by atoms with E-state index in [2.05, 4.69) is 36.9 Å². The van der Waals surface area contributed by atoms with Crippen molar-refractivity contribution in [2.75, 3.05) is 18.0 Å². The Labute approximate surface area is 85.8 Å². The van der Waals surface area contributed by atoms with Crippen molar-refractivity contribution in [3.8, 4) is 6.07 Å². The van der Waals surface area contributed by atoms with Gasteiger partial charge in [-0.15, -0.1) is 0 Å². The minimum Gasteiger partial charge on any atom is -0.372 e. The van der Waals surface area contributed by atoms with Gasteiger partial charge in [-0.2, -0.15) is 5.26 Å². The molecule has 14 heavy (non-hydrogen) atoms. The normalized spacial score (nSPS) is 9.50. The van der Waals surface area contributed by atoms with Crippen LogP contribution in [0, 0.1) is 11.3 Å². The molecular formula is C12H16N2. The summed E-state index contributed by atoms with van der Waals surface area (Å²) < 4.78 is 0. The monoisotopic (exact) mass is 188 g/mol. The van der Waals surface area contributed by atoms with Crippen LogP contribution in [0.2, 0.25) is 0 Å². The quantitative estimate of drug-likeness (QED) is 0.726. The summed E-state index contributed by atoms with van der Waals surface area (Å²) in [5.74, 6) is 0. The molecule has 0 fully saturated rings. The first-order valence-corrected chi connectivity index (χ1v) is 5.02. The minimum atomic E-state index is 0.499. The molecule has 0 unspecified atom stereocenters. The molecule has 0 bridgehead atoms. The second-order valence-corrected chi connectivity index (χ2v) is 3.17. The van der Waals surface area contributed by atoms with Gasteiger partial charge in [-0.05, 0) is 31.5 Å². The molecule has 0 saturated heterocycles. The Morgan fingerprint density at radius 1 is 1.14 bits per heavy atom. The molecule has 1 rings (SSSR count). The number of benzene rings is 1. The summed E-state index contributed by atoms with van der Waals surface area (Å²) in [5.41, 5.74) is 2.32. The lowest BCUT2D eigenvalue weighted by Crippen LogP contribution is -2.21. The molecule has 0 aromatic heterocycles. The van der Waals surface area contributed by atoms with Crippen LogP contribution in [0.25, 0.3) is 0 Å². The predicted molar refractivity (Wildman–Crippen MR) is 59.3 cm³/mol. The molecule has 0 atom stereocenters. The van der Waals surface area contributed by atoms with Crippen molar-refractivity contribution >= 4 is 5.69 Å². The van der Waals surface area contributed by atoms with Gasteiger partial charge in [0.2, 0.25) is 0 Å². The highest BCUT2D eigenvalue weighted by Gasteiger charge is 2.00. The lowest BCUT2D eigenvalue weighted by atomic mass is 10.1. The van der Waals surface area contributed by atoms with Gasteiger partial charge >= 0.3 is 0 Å². The van der Waals surface area contributed by atoms with Gasteiger partial charge in [0.15, 0.2) is 0 Å². The van der Waals surface area contributed by atoms with Crippen LogP contribution >= 0.6 is 0 Å². The third kappa shape index (κ3) is 2.50. The summed E-state index contributed by atoms with van der Waals surface area (Å²) >= 11 is 0. The Kier molecular flexibility index (Phi) is 4.00. The largest absolute Gasteiger partial charge is 0.372 e. The van der Waals surface area contributed by atoms with Crippen molar-refractivity contribution in [2.45, 2.75) is 20.3 Å². The van der Waals surface area contributed by atoms with E-state index in [-0.39, 0.29) is 0 Å². The van der Waals surface area contributed by atoms with Crippen LogP contribution in [0.3, 0.4) is 0 Å². The van der Waals surface area contributed by atoms with E-state index in [0.717, 1.165) is 18.7 Å². The lowest BCUT2D eigenvalue weighted by Gasteiger charge is -2.20. The third-order valence-corrected chi connectivity index (χ3v) is 2.35. The summed E-state index contributed by atoms with van der Waals surface area (Å²) in [7, 11) is 0. The second-order valence-electron chi connectivity index (χ2n) is 3.17. The fourth-order valence-electron chi connectivity index (χ4n) is 1.50. The van der Waals surface area contributed by atoms with Crippen LogP contribution in [-0.2, 0) is 6.42 Å². The van der Waals surface area contributed by atoms with Gasteiger partial charge in [0.05, 0.1) is 12.5 Å². The van der Waals surface area contributed by atoms with E-state index in [1.165, 1.54) is 5.69 Å². The molecule has 0 radical (unpaired) electrons. The van der Waals surface area contributed by atoms with Crippen LogP contribution in [0.4, 0.5) is 5.69 Å². The Balaban J connectivity index is 2.77. The number of nitriles is 1. The fraction of sp³-hybridized carbons (Fsp3) is 0.417. The van der Waals surface area contributed by atoms with E-state index in [1.54, 1.807) is 0 Å². The molecule has 0 amide bonds. The van der Waals surface area contributed by atoms with Gasteiger partial charge in [-0.3, -0.25) is 0 Å². The molecule has 2 nitrogen and oxygen atoms in total. The van der Waals surface area contributed by atoms with E-state index in [4.69, 9.17) is 5.26 Å². The van der Waals surface area contributed by atoms with Crippen LogP contribution in [0.15, 0.2) is 24.3 Å². The summed E-state index contributed by atoms with van der Waals surface area (Å²) in [4.78, 5) is 2.29. The average molecular weight is 188 g/mol. The first-order chi connectivity index (χ1) is 6.81. The van der Waals surface area contributed by atoms with Crippen molar-refractivity contribution in [3.63, 3.8) is 0 Å². The highest BCUT2D eigenvalue weighted by atomic mass is 15.1. The van der Waals surface area contributed by atoms with Gasteiger partial charge in [-0.1, -0.05) is 12.1 Å². The van der Waals surface area contributed by atoms with Gasteiger partial charge in [0.25, 0.3) is 0 Å². The Hall–Kier alpha value is -1.49. The van der Waals surface area contributed by atoms with E-state index >= 15 is 0 Å². The molecule has 0 aliphatic heterocycles. The Bertz CT molecular complexity index is 304. The van der Waals surface area contributed by atoms with Crippen molar-refractivity contribution < 1.29 is 0 Å². The molecule has 0 heterocycles. The minimum absolute atomic E-state index is 0.499. The van der Waals surface area contributed by atoms with Crippen molar-refractivity contribution in [1.82, 2.24) is 0 Å². The van der Waals surface area contributed by atoms with Gasteiger partial charge in [0.1, 0.15) is 0 Å². The molecule has 0 aliphatic carbocycles. The molecule has 1 aromatic rings. The van der Waals surface area contributed by atoms with Gasteiger partial charge in [0, 0.05) is 18.8 Å². The fourth-order valence-corrected chi connectivity index (χ4v) is 1.50. The number of rotatable bonds is 4. The third-order valence-electron chi connectivity index (χ3n) is 2.35. The SMILES string of the molecule is CCN(CC)c1ccc(CC#N)cc1. The highest BCUT2D eigenvalue weighted by Crippen LogP contribution is 2.14. The molecule has 1 aromatic carbocycles. The maximum atomic E-state index is 8.53. The van der Waals surface area contributed by atoms with E-state index in [9.17, 15) is 0 Å². The first-order valence-electron chi connectivity index (χ1n) is 5.02. The van der Waals surface area contributed by atoms with Crippen molar-refractivity contribution in [1.29, 1.82) is 5.26 Å². The molecule has 0 saturated carbocycles. The zero-order chi connectivity index (χ0) is 10.4. The number of hydrogen-bond acceptors (Lipinski definition) is 2. The summed E-state index contributed by atoms with van der Waals surface area (Å²) in [6.07, 6.45) is 0.499. The summed E-state index contributed by atoms with van der Waals surface area (Å²) in [6, 6.07) is 10.4. The molecule has 2 heteroatoms. The predicted octanol–water partition coefficient (Wildman–Crippen LogP) is 2.60. The zero-order valence-electron chi connectivity index (χ0n) is 8.83. The number of hydrogen-bond donors (Lipinski definition) is 0. The van der Waals surface area contributed by atoms with E-state index in [0.29, 0.717) is 6.42 Å².